The number of hydrogen-bond donors (Lipinski definition) is 1. The van der Waals surface area contributed by atoms with Crippen LogP contribution in [0.15, 0.2) is 23.2 Å². The molecule has 2 rings (SSSR count). The van der Waals surface area contributed by atoms with Crippen LogP contribution < -0.4 is 14.8 Å². The van der Waals surface area contributed by atoms with Crippen LogP contribution in [0.5, 0.6) is 11.5 Å². The van der Waals surface area contributed by atoms with E-state index in [0.717, 1.165) is 6.42 Å². The van der Waals surface area contributed by atoms with Crippen LogP contribution in [-0.2, 0) is 9.47 Å². The maximum Gasteiger partial charge on any atom is 0.292 e. The molecule has 7 nitrogen and oxygen atoms in total. The van der Waals surface area contributed by atoms with Gasteiger partial charge in [-0.2, -0.15) is 0 Å². The van der Waals surface area contributed by atoms with Crippen LogP contribution in [0.2, 0.25) is 0 Å². The number of methoxy groups -OCH3 is 1. The number of hydrogen-bond acceptors (Lipinski definition) is 6. The number of ether oxygens (including phenoxy) is 4. The van der Waals surface area contributed by atoms with Gasteiger partial charge in [0.1, 0.15) is 6.61 Å². The smallest absolute Gasteiger partial charge is 0.292 e. The average molecular weight is 322 g/mol. The summed E-state index contributed by atoms with van der Waals surface area (Å²) in [6.07, 6.45) is 0.844. The standard InChI is InChI=1S/C16H22N2O5/c1-4-11(2)17-16(21-8-7-20-3)18-15(19)12-5-6-13-14(9-12)23-10-22-13/h5-6,9,11H,4,7-8,10H2,1-3H3,(H,17,18,19)/t11-/m0/s1. The summed E-state index contributed by atoms with van der Waals surface area (Å²) in [7, 11) is 1.58. The predicted molar refractivity (Wildman–Crippen MR) is 85.0 cm³/mol. The van der Waals surface area contributed by atoms with Gasteiger partial charge in [-0.05, 0) is 31.5 Å². The first kappa shape index (κ1) is 17.1. The number of benzene rings is 1. The second-order valence-electron chi connectivity index (χ2n) is 5.05. The summed E-state index contributed by atoms with van der Waals surface area (Å²) in [6.45, 7) is 4.86. The molecule has 0 bridgehead atoms. The molecule has 1 atom stereocenters. The van der Waals surface area contributed by atoms with Gasteiger partial charge in [0.05, 0.1) is 12.6 Å². The van der Waals surface area contributed by atoms with Crippen LogP contribution in [0.1, 0.15) is 30.6 Å². The Morgan fingerprint density at radius 1 is 1.35 bits per heavy atom. The molecule has 23 heavy (non-hydrogen) atoms. The molecule has 1 aliphatic rings. The summed E-state index contributed by atoms with van der Waals surface area (Å²) in [6, 6.07) is 5.24. The first-order chi connectivity index (χ1) is 11.1. The first-order valence-corrected chi connectivity index (χ1v) is 7.54. The Hall–Kier alpha value is -2.28. The minimum absolute atomic E-state index is 0.0459. The third kappa shape index (κ3) is 4.85. The largest absolute Gasteiger partial charge is 0.463 e. The van der Waals surface area contributed by atoms with Crippen LogP contribution in [-0.4, -0.2) is 45.1 Å². The van der Waals surface area contributed by atoms with E-state index >= 15 is 0 Å². The fraction of sp³-hybridized carbons (Fsp3) is 0.500. The average Bonchev–Trinajstić information content (AvgIpc) is 3.02. The Labute approximate surface area is 135 Å². The van der Waals surface area contributed by atoms with Crippen LogP contribution >= 0.6 is 0 Å². The molecule has 7 heteroatoms. The molecule has 1 aromatic carbocycles. The lowest BCUT2D eigenvalue weighted by atomic mass is 10.2. The molecule has 0 saturated carbocycles. The van der Waals surface area contributed by atoms with Crippen molar-refractivity contribution in [2.75, 3.05) is 27.1 Å². The van der Waals surface area contributed by atoms with Crippen molar-refractivity contribution in [3.05, 3.63) is 23.8 Å². The molecular weight excluding hydrogens is 300 g/mol. The fourth-order valence-electron chi connectivity index (χ4n) is 1.83. The van der Waals surface area contributed by atoms with Gasteiger partial charge in [-0.25, -0.2) is 4.99 Å². The molecule has 1 N–H and O–H groups in total. The molecule has 0 radical (unpaired) electrons. The minimum atomic E-state index is -0.317. The Bertz CT molecular complexity index is 574. The number of nitrogens with zero attached hydrogens (tertiary/aromatic N) is 1. The number of carbonyl (C=O) groups excluding carboxylic acids is 1. The van der Waals surface area contributed by atoms with Gasteiger partial charge in [-0.3, -0.25) is 10.1 Å². The fourth-order valence-corrected chi connectivity index (χ4v) is 1.83. The second kappa shape index (κ2) is 8.38. The van der Waals surface area contributed by atoms with Crippen molar-refractivity contribution in [1.29, 1.82) is 0 Å². The van der Waals surface area contributed by atoms with Crippen LogP contribution in [0.3, 0.4) is 0 Å². The highest BCUT2D eigenvalue weighted by atomic mass is 16.7. The van der Waals surface area contributed by atoms with Gasteiger partial charge in [0.15, 0.2) is 11.5 Å². The summed E-state index contributed by atoms with van der Waals surface area (Å²) in [4.78, 5) is 16.7. The Morgan fingerprint density at radius 3 is 2.87 bits per heavy atom. The normalized spacial score (nSPS) is 14.5. The van der Waals surface area contributed by atoms with E-state index < -0.39 is 0 Å². The molecule has 1 aromatic rings. The molecule has 0 aromatic heterocycles. The Balaban J connectivity index is 2.05. The molecule has 1 heterocycles. The van der Waals surface area contributed by atoms with E-state index in [1.165, 1.54) is 0 Å². The second-order valence-corrected chi connectivity index (χ2v) is 5.05. The number of amides is 1. The topological polar surface area (TPSA) is 78.4 Å². The van der Waals surface area contributed by atoms with Gasteiger partial charge in [0.25, 0.3) is 11.9 Å². The van der Waals surface area contributed by atoms with Gasteiger partial charge < -0.3 is 18.9 Å². The molecule has 0 fully saturated rings. The Morgan fingerprint density at radius 2 is 2.13 bits per heavy atom. The monoisotopic (exact) mass is 322 g/mol. The highest BCUT2D eigenvalue weighted by molar-refractivity contribution is 6.04. The third-order valence-electron chi connectivity index (χ3n) is 3.31. The maximum atomic E-state index is 12.4. The van der Waals surface area contributed by atoms with E-state index in [9.17, 15) is 4.79 Å². The van der Waals surface area contributed by atoms with Crippen LogP contribution in [0.4, 0.5) is 0 Å². The SMILES string of the molecule is CC[C@H](C)N=C(NC(=O)c1ccc2c(c1)OCO2)OCCOC. The number of carbonyl (C=O) groups is 1. The summed E-state index contributed by atoms with van der Waals surface area (Å²) in [5.74, 6) is 0.868. The van der Waals surface area contributed by atoms with E-state index in [1.807, 2.05) is 13.8 Å². The maximum absolute atomic E-state index is 12.4. The zero-order valence-corrected chi connectivity index (χ0v) is 13.6. The van der Waals surface area contributed by atoms with Crippen molar-refractivity contribution < 1.29 is 23.7 Å². The predicted octanol–water partition coefficient (Wildman–Crippen LogP) is 1.96. The van der Waals surface area contributed by atoms with E-state index in [4.69, 9.17) is 18.9 Å². The summed E-state index contributed by atoms with van der Waals surface area (Å²) < 4.78 is 20.9. The number of aliphatic imine (C=N–C) groups is 1. The number of amidine groups is 1. The number of nitrogens with one attached hydrogen (secondary N) is 1. The lowest BCUT2D eigenvalue weighted by Gasteiger charge is -2.12. The van der Waals surface area contributed by atoms with E-state index in [-0.39, 0.29) is 24.8 Å². The van der Waals surface area contributed by atoms with Crippen molar-refractivity contribution in [2.24, 2.45) is 4.99 Å². The van der Waals surface area contributed by atoms with Gasteiger partial charge >= 0.3 is 0 Å². The zero-order valence-electron chi connectivity index (χ0n) is 13.6. The van der Waals surface area contributed by atoms with Crippen LogP contribution in [0.25, 0.3) is 0 Å². The van der Waals surface area contributed by atoms with Gasteiger partial charge in [0, 0.05) is 12.7 Å². The molecule has 0 saturated heterocycles. The quantitative estimate of drug-likeness (QED) is 0.492. The van der Waals surface area contributed by atoms with Crippen LogP contribution in [0, 0.1) is 0 Å². The van der Waals surface area contributed by atoms with Crippen molar-refractivity contribution in [1.82, 2.24) is 5.32 Å². The van der Waals surface area contributed by atoms with E-state index in [1.54, 1.807) is 25.3 Å². The van der Waals surface area contributed by atoms with Crippen molar-refractivity contribution >= 4 is 11.9 Å². The third-order valence-corrected chi connectivity index (χ3v) is 3.31. The zero-order chi connectivity index (χ0) is 16.7. The molecular formula is C16H22N2O5. The highest BCUT2D eigenvalue weighted by Gasteiger charge is 2.17. The van der Waals surface area contributed by atoms with Gasteiger partial charge in [0.2, 0.25) is 6.79 Å². The molecule has 0 aliphatic carbocycles. The molecule has 1 amide bonds. The molecule has 0 spiro atoms. The van der Waals surface area contributed by atoms with E-state index in [2.05, 4.69) is 10.3 Å². The van der Waals surface area contributed by atoms with Gasteiger partial charge in [-0.1, -0.05) is 6.92 Å². The first-order valence-electron chi connectivity index (χ1n) is 7.54. The van der Waals surface area contributed by atoms with Crippen molar-refractivity contribution in [3.8, 4) is 11.5 Å². The number of fused-ring (bicyclic) bond motifs is 1. The summed E-state index contributed by atoms with van der Waals surface area (Å²) in [5, 5.41) is 2.69. The minimum Gasteiger partial charge on any atom is -0.463 e. The van der Waals surface area contributed by atoms with Crippen molar-refractivity contribution in [3.63, 3.8) is 0 Å². The molecule has 0 unspecified atom stereocenters. The summed E-state index contributed by atoms with van der Waals surface area (Å²) >= 11 is 0. The lowest BCUT2D eigenvalue weighted by Crippen LogP contribution is -2.34. The number of rotatable bonds is 6. The molecule has 126 valence electrons. The van der Waals surface area contributed by atoms with Gasteiger partial charge in [-0.15, -0.1) is 0 Å². The highest BCUT2D eigenvalue weighted by Crippen LogP contribution is 2.32. The lowest BCUT2D eigenvalue weighted by molar-refractivity contribution is 0.0953. The summed E-state index contributed by atoms with van der Waals surface area (Å²) in [5.41, 5.74) is 0.446. The molecule has 1 aliphatic heterocycles. The van der Waals surface area contributed by atoms with Crippen molar-refractivity contribution in [2.45, 2.75) is 26.3 Å². The Kier molecular flexibility index (Phi) is 6.22. The van der Waals surface area contributed by atoms with E-state index in [0.29, 0.717) is 30.3 Å².